The van der Waals surface area contributed by atoms with Crippen LogP contribution in [0.15, 0.2) is 48.4 Å². The molecule has 2 aliphatic rings. The quantitative estimate of drug-likeness (QED) is 0.312. The zero-order valence-electron chi connectivity index (χ0n) is 21.2. The third-order valence-electron chi connectivity index (χ3n) is 6.10. The SMILES string of the molecule is CC1(C)O/C(=C2/C(=O)Nc3ccc(F)cc32)C=C1c1ccc(CCCOCCOCCOCCO)nc1. The van der Waals surface area contributed by atoms with E-state index in [9.17, 15) is 9.18 Å². The molecule has 198 valence electrons. The molecule has 0 aliphatic carbocycles. The maximum absolute atomic E-state index is 13.9. The first-order valence-corrected chi connectivity index (χ1v) is 12.4. The van der Waals surface area contributed by atoms with Crippen molar-refractivity contribution >= 4 is 22.7 Å². The molecular weight excluding hydrogens is 479 g/mol. The van der Waals surface area contributed by atoms with E-state index >= 15 is 0 Å². The number of aliphatic hydroxyl groups excluding tert-OH is 1. The summed E-state index contributed by atoms with van der Waals surface area (Å²) < 4.78 is 36.1. The molecule has 1 aromatic carbocycles. The molecule has 2 aromatic rings. The van der Waals surface area contributed by atoms with Crippen LogP contribution in [0.25, 0.3) is 11.1 Å². The molecule has 0 bridgehead atoms. The highest BCUT2D eigenvalue weighted by Gasteiger charge is 2.38. The highest BCUT2D eigenvalue weighted by Crippen LogP contribution is 2.44. The Labute approximate surface area is 216 Å². The van der Waals surface area contributed by atoms with Crippen LogP contribution in [0.1, 0.15) is 37.1 Å². The summed E-state index contributed by atoms with van der Waals surface area (Å²) in [6.45, 7) is 6.79. The number of nitrogens with one attached hydrogen (secondary N) is 1. The maximum Gasteiger partial charge on any atom is 0.260 e. The van der Waals surface area contributed by atoms with Gasteiger partial charge in [0.2, 0.25) is 0 Å². The summed E-state index contributed by atoms with van der Waals surface area (Å²) in [5.41, 5.74) is 3.49. The molecule has 8 nitrogen and oxygen atoms in total. The number of benzene rings is 1. The van der Waals surface area contributed by atoms with Crippen LogP contribution < -0.4 is 5.32 Å². The van der Waals surface area contributed by atoms with Crippen molar-refractivity contribution in [2.45, 2.75) is 32.3 Å². The highest BCUT2D eigenvalue weighted by atomic mass is 19.1. The van der Waals surface area contributed by atoms with Crippen LogP contribution in [0.2, 0.25) is 0 Å². The van der Waals surface area contributed by atoms with Gasteiger partial charge in [0.25, 0.3) is 5.91 Å². The fourth-order valence-corrected chi connectivity index (χ4v) is 4.30. The molecule has 0 fully saturated rings. The van der Waals surface area contributed by atoms with Crippen LogP contribution in [-0.2, 0) is 30.2 Å². The number of amides is 1. The average molecular weight is 513 g/mol. The fraction of sp³-hybridized carbons (Fsp3) is 0.429. The molecule has 2 aliphatic heterocycles. The molecule has 2 N–H and O–H groups in total. The van der Waals surface area contributed by atoms with Crippen molar-refractivity contribution in [3.8, 4) is 0 Å². The van der Waals surface area contributed by atoms with Crippen molar-refractivity contribution < 1.29 is 33.2 Å². The molecule has 37 heavy (non-hydrogen) atoms. The number of nitrogens with zero attached hydrogens (tertiary/aromatic N) is 1. The van der Waals surface area contributed by atoms with Gasteiger partial charge in [-0.3, -0.25) is 9.78 Å². The van der Waals surface area contributed by atoms with Crippen LogP contribution in [0.3, 0.4) is 0 Å². The summed E-state index contributed by atoms with van der Waals surface area (Å²) >= 11 is 0. The molecule has 0 radical (unpaired) electrons. The second-order valence-electron chi connectivity index (χ2n) is 9.26. The van der Waals surface area contributed by atoms with E-state index in [1.54, 1.807) is 6.07 Å². The highest BCUT2D eigenvalue weighted by molar-refractivity contribution is 6.32. The molecule has 0 spiro atoms. The number of anilines is 1. The molecule has 0 unspecified atom stereocenters. The fourth-order valence-electron chi connectivity index (χ4n) is 4.30. The number of hydrogen-bond donors (Lipinski definition) is 2. The minimum Gasteiger partial charge on any atom is -0.482 e. The number of allylic oxidation sites excluding steroid dienone is 1. The van der Waals surface area contributed by atoms with E-state index in [2.05, 4.69) is 10.3 Å². The Morgan fingerprint density at radius 2 is 1.76 bits per heavy atom. The molecule has 1 aromatic heterocycles. The monoisotopic (exact) mass is 512 g/mol. The number of carbonyl (C=O) groups is 1. The van der Waals surface area contributed by atoms with Crippen LogP contribution in [0, 0.1) is 5.82 Å². The van der Waals surface area contributed by atoms with Crippen molar-refractivity contribution in [2.24, 2.45) is 0 Å². The Bertz CT molecular complexity index is 1160. The van der Waals surface area contributed by atoms with Gasteiger partial charge in [-0.1, -0.05) is 6.07 Å². The number of aliphatic hydroxyl groups is 1. The van der Waals surface area contributed by atoms with E-state index in [1.807, 2.05) is 38.3 Å². The second-order valence-corrected chi connectivity index (χ2v) is 9.26. The van der Waals surface area contributed by atoms with Crippen LogP contribution in [0.5, 0.6) is 0 Å². The number of halogens is 1. The molecular formula is C28H33FN2O6. The van der Waals surface area contributed by atoms with Gasteiger partial charge in [0.05, 0.1) is 45.2 Å². The van der Waals surface area contributed by atoms with Gasteiger partial charge in [0.15, 0.2) is 0 Å². The lowest BCUT2D eigenvalue weighted by Crippen LogP contribution is -2.21. The van der Waals surface area contributed by atoms with E-state index in [-0.39, 0.29) is 12.5 Å². The van der Waals surface area contributed by atoms with Crippen LogP contribution >= 0.6 is 0 Å². The first kappa shape index (κ1) is 26.9. The van der Waals surface area contributed by atoms with Gasteiger partial charge < -0.3 is 29.4 Å². The van der Waals surface area contributed by atoms with Crippen molar-refractivity contribution in [1.82, 2.24) is 4.98 Å². The molecule has 0 atom stereocenters. The largest absolute Gasteiger partial charge is 0.482 e. The lowest BCUT2D eigenvalue weighted by atomic mass is 9.93. The summed E-state index contributed by atoms with van der Waals surface area (Å²) in [7, 11) is 0. The van der Waals surface area contributed by atoms with Gasteiger partial charge in [0, 0.05) is 40.9 Å². The minimum atomic E-state index is -0.678. The lowest BCUT2D eigenvalue weighted by Gasteiger charge is -2.23. The van der Waals surface area contributed by atoms with E-state index in [1.165, 1.54) is 12.1 Å². The predicted octanol–water partition coefficient (Wildman–Crippen LogP) is 3.75. The topological polar surface area (TPSA) is 99.1 Å². The van der Waals surface area contributed by atoms with Gasteiger partial charge in [0.1, 0.15) is 17.2 Å². The summed E-state index contributed by atoms with van der Waals surface area (Å²) in [6, 6.07) is 8.21. The van der Waals surface area contributed by atoms with E-state index in [0.717, 1.165) is 29.7 Å². The Kier molecular flexibility index (Phi) is 9.04. The molecule has 3 heterocycles. The van der Waals surface area contributed by atoms with Crippen molar-refractivity contribution in [1.29, 1.82) is 0 Å². The first-order valence-electron chi connectivity index (χ1n) is 12.4. The minimum absolute atomic E-state index is 0.0167. The van der Waals surface area contributed by atoms with Gasteiger partial charge in [-0.15, -0.1) is 0 Å². The van der Waals surface area contributed by atoms with Gasteiger partial charge in [-0.2, -0.15) is 0 Å². The van der Waals surface area contributed by atoms with Crippen molar-refractivity contribution in [3.05, 3.63) is 71.0 Å². The smallest absolute Gasteiger partial charge is 0.260 e. The summed E-state index contributed by atoms with van der Waals surface area (Å²) in [5, 5.41) is 11.4. The molecule has 9 heteroatoms. The zero-order chi connectivity index (χ0) is 26.3. The molecule has 1 amide bonds. The number of aromatic nitrogens is 1. The standard InChI is InChI=1S/C28H33FN2O6/c1-28(2)23(17-25(37-28)26-22-16-20(29)6-8-24(22)31-27(26)33)19-5-7-21(30-18-19)4-3-10-34-12-14-36-15-13-35-11-9-32/h5-8,16-18,32H,3-4,9-15H2,1-2H3,(H,31,33)/b26-25+. The van der Waals surface area contributed by atoms with E-state index in [4.69, 9.17) is 24.1 Å². The number of carbonyl (C=O) groups excluding carboxylic acids is 1. The average Bonchev–Trinajstić information content (AvgIpc) is 3.36. The van der Waals surface area contributed by atoms with Crippen molar-refractivity contribution in [3.63, 3.8) is 0 Å². The number of ether oxygens (including phenoxy) is 4. The maximum atomic E-state index is 13.9. The first-order chi connectivity index (χ1) is 17.9. The summed E-state index contributed by atoms with van der Waals surface area (Å²) in [6.07, 6.45) is 5.29. The van der Waals surface area contributed by atoms with Gasteiger partial charge in [-0.05, 0) is 57.0 Å². The normalized spacial score (nSPS) is 17.9. The van der Waals surface area contributed by atoms with Gasteiger partial charge >= 0.3 is 0 Å². The number of hydrogen-bond acceptors (Lipinski definition) is 7. The Hall–Kier alpha value is -3.11. The zero-order valence-corrected chi connectivity index (χ0v) is 21.2. The number of fused-ring (bicyclic) bond motifs is 1. The van der Waals surface area contributed by atoms with Crippen LogP contribution in [0.4, 0.5) is 10.1 Å². The Morgan fingerprint density at radius 1 is 1.03 bits per heavy atom. The molecule has 4 rings (SSSR count). The molecule has 0 saturated heterocycles. The van der Waals surface area contributed by atoms with E-state index < -0.39 is 11.4 Å². The number of pyridine rings is 1. The summed E-state index contributed by atoms with van der Waals surface area (Å²) in [5.74, 6) is -0.295. The van der Waals surface area contributed by atoms with Crippen LogP contribution in [-0.4, -0.2) is 67.8 Å². The van der Waals surface area contributed by atoms with Gasteiger partial charge in [-0.25, -0.2) is 4.39 Å². The predicted molar refractivity (Wildman–Crippen MR) is 137 cm³/mol. The number of aryl methyl sites for hydroxylation is 1. The summed E-state index contributed by atoms with van der Waals surface area (Å²) in [4.78, 5) is 17.2. The molecule has 0 saturated carbocycles. The second kappa shape index (κ2) is 12.4. The van der Waals surface area contributed by atoms with E-state index in [0.29, 0.717) is 62.2 Å². The third-order valence-corrected chi connectivity index (χ3v) is 6.10. The third kappa shape index (κ3) is 6.81. The number of rotatable bonds is 13. The Morgan fingerprint density at radius 3 is 2.46 bits per heavy atom. The lowest BCUT2D eigenvalue weighted by molar-refractivity contribution is -0.111. The Balaban J connectivity index is 1.30. The van der Waals surface area contributed by atoms with Crippen molar-refractivity contribution in [2.75, 3.05) is 51.6 Å².